The lowest BCUT2D eigenvalue weighted by Crippen LogP contribution is -2.48. The summed E-state index contributed by atoms with van der Waals surface area (Å²) < 4.78 is 5.56. The Morgan fingerprint density at radius 2 is 2.00 bits per heavy atom. The van der Waals surface area contributed by atoms with Crippen LogP contribution in [0.15, 0.2) is 42.5 Å². The van der Waals surface area contributed by atoms with E-state index < -0.39 is 22.8 Å². The Labute approximate surface area is 143 Å². The Bertz CT molecular complexity index is 837. The number of nitro groups is 1. The summed E-state index contributed by atoms with van der Waals surface area (Å²) in [5.41, 5.74) is 0.446. The average Bonchev–Trinajstić information content (AvgIpc) is 2.63. The second-order valence-electron chi connectivity index (χ2n) is 5.48. The van der Waals surface area contributed by atoms with Gasteiger partial charge in [0.2, 0.25) is 0 Å². The molecule has 0 spiro atoms. The maximum Gasteiger partial charge on any atom is 0.366 e. The first-order valence-electron chi connectivity index (χ1n) is 7.73. The number of rotatable bonds is 5. The van der Waals surface area contributed by atoms with E-state index in [-0.39, 0.29) is 23.9 Å². The van der Waals surface area contributed by atoms with Crippen LogP contribution < -0.4 is 9.64 Å². The van der Waals surface area contributed by atoms with Crippen molar-refractivity contribution in [2.24, 2.45) is 0 Å². The number of carbonyl (C=O) groups is 2. The number of hydrogen-bond donors (Lipinski definition) is 0. The van der Waals surface area contributed by atoms with Gasteiger partial charge in [-0.25, -0.2) is 0 Å². The highest BCUT2D eigenvalue weighted by molar-refractivity contribution is 6.07. The molecule has 1 amide bonds. The summed E-state index contributed by atoms with van der Waals surface area (Å²) in [7, 11) is 0. The predicted octanol–water partition coefficient (Wildman–Crippen LogP) is 2.38. The molecule has 2 aromatic rings. The van der Waals surface area contributed by atoms with Crippen LogP contribution in [-0.2, 0) is 4.79 Å². The number of ketones is 1. The Balaban J connectivity index is 1.99. The van der Waals surface area contributed by atoms with Crippen molar-refractivity contribution in [1.29, 1.82) is 0 Å². The third-order valence-corrected chi connectivity index (χ3v) is 3.85. The van der Waals surface area contributed by atoms with Gasteiger partial charge in [0.25, 0.3) is 11.7 Å². The summed E-state index contributed by atoms with van der Waals surface area (Å²) in [6.45, 7) is 1.52. The molecule has 3 rings (SSSR count). The molecule has 8 nitrogen and oxygen atoms in total. The lowest BCUT2D eigenvalue weighted by atomic mass is 10.1. The fourth-order valence-electron chi connectivity index (χ4n) is 2.56. The van der Waals surface area contributed by atoms with Gasteiger partial charge in [-0.15, -0.1) is 0 Å². The molecule has 128 valence electrons. The third-order valence-electron chi connectivity index (χ3n) is 3.85. The molecule has 0 aliphatic carbocycles. The van der Waals surface area contributed by atoms with Crippen molar-refractivity contribution < 1.29 is 19.2 Å². The van der Waals surface area contributed by atoms with E-state index in [1.54, 1.807) is 37.3 Å². The third kappa shape index (κ3) is 3.18. The number of aromatic nitrogens is 1. The van der Waals surface area contributed by atoms with Gasteiger partial charge in [-0.2, -0.15) is 0 Å². The van der Waals surface area contributed by atoms with E-state index in [2.05, 4.69) is 4.98 Å². The number of anilines is 1. The van der Waals surface area contributed by atoms with Gasteiger partial charge in [-0.3, -0.25) is 14.5 Å². The van der Waals surface area contributed by atoms with E-state index >= 15 is 0 Å². The van der Waals surface area contributed by atoms with Crippen molar-refractivity contribution in [3.8, 4) is 5.75 Å². The minimum atomic E-state index is -0.751. The Morgan fingerprint density at radius 1 is 1.28 bits per heavy atom. The molecule has 0 radical (unpaired) electrons. The van der Waals surface area contributed by atoms with Gasteiger partial charge in [-0.05, 0) is 22.4 Å². The second kappa shape index (κ2) is 6.68. The summed E-state index contributed by atoms with van der Waals surface area (Å²) in [6.07, 6.45) is -0.343. The number of hydrogen-bond acceptors (Lipinski definition) is 6. The molecule has 1 aliphatic rings. The Morgan fingerprint density at radius 3 is 2.64 bits per heavy atom. The molecule has 8 heteroatoms. The van der Waals surface area contributed by atoms with Crippen molar-refractivity contribution in [3.05, 3.63) is 58.1 Å². The molecule has 0 saturated carbocycles. The first-order chi connectivity index (χ1) is 12.0. The molecular weight excluding hydrogens is 326 g/mol. The molecule has 1 aliphatic heterocycles. The number of ether oxygens (including phenoxy) is 1. The minimum absolute atomic E-state index is 0.00631. The minimum Gasteiger partial charge on any atom is -0.474 e. The second-order valence-corrected chi connectivity index (χ2v) is 5.48. The van der Waals surface area contributed by atoms with Gasteiger partial charge in [0.1, 0.15) is 0 Å². The average molecular weight is 341 g/mol. The van der Waals surface area contributed by atoms with E-state index in [4.69, 9.17) is 4.74 Å². The number of benzene rings is 1. The van der Waals surface area contributed by atoms with Gasteiger partial charge >= 0.3 is 5.82 Å². The summed E-state index contributed by atoms with van der Waals surface area (Å²) in [5.74, 6) is -0.898. The Kier molecular flexibility index (Phi) is 4.42. The van der Waals surface area contributed by atoms with Crippen LogP contribution in [0.4, 0.5) is 11.6 Å². The summed E-state index contributed by atoms with van der Waals surface area (Å²) in [6, 6.07) is 11.1. The highest BCUT2D eigenvalue weighted by atomic mass is 16.6. The molecule has 0 bridgehead atoms. The molecule has 0 saturated heterocycles. The fraction of sp³-hybridized carbons (Fsp3) is 0.235. The van der Waals surface area contributed by atoms with Gasteiger partial charge in [0.05, 0.1) is 6.54 Å². The molecule has 0 N–H and O–H groups in total. The number of pyridine rings is 1. The molecule has 1 aromatic heterocycles. The van der Waals surface area contributed by atoms with Crippen molar-refractivity contribution in [3.63, 3.8) is 0 Å². The number of amides is 1. The van der Waals surface area contributed by atoms with E-state index in [0.717, 1.165) is 4.90 Å². The van der Waals surface area contributed by atoms with Crippen LogP contribution in [0.25, 0.3) is 0 Å². The molecule has 25 heavy (non-hydrogen) atoms. The summed E-state index contributed by atoms with van der Waals surface area (Å²) in [5, 5.41) is 11.0. The molecular formula is C17H15N3O5. The topological polar surface area (TPSA) is 103 Å². The van der Waals surface area contributed by atoms with Crippen LogP contribution in [-0.4, -0.2) is 34.2 Å². The lowest BCUT2D eigenvalue weighted by Gasteiger charge is -2.30. The predicted molar refractivity (Wildman–Crippen MR) is 88.7 cm³/mol. The van der Waals surface area contributed by atoms with Gasteiger partial charge < -0.3 is 14.9 Å². The zero-order valence-electron chi connectivity index (χ0n) is 13.4. The Hall–Kier alpha value is -3.29. The molecule has 1 unspecified atom stereocenters. The largest absolute Gasteiger partial charge is 0.474 e. The SMILES string of the molecule is CCC1Oc2ccc([N+](=O)[O-])nc2N(CC(=O)c2ccccc2)C1=O. The monoisotopic (exact) mass is 341 g/mol. The standard InChI is InChI=1S/C17H15N3O5/c1-2-13-17(22)19(10-12(21)11-6-4-3-5-7-11)16-14(25-13)8-9-15(18-16)20(23)24/h3-9,13H,2,10H2,1H3. The number of nitrogens with zero attached hydrogens (tertiary/aromatic N) is 3. The quantitative estimate of drug-likeness (QED) is 0.470. The normalized spacial score (nSPS) is 16.1. The first-order valence-corrected chi connectivity index (χ1v) is 7.73. The van der Waals surface area contributed by atoms with Crippen LogP contribution >= 0.6 is 0 Å². The van der Waals surface area contributed by atoms with Gasteiger partial charge in [0, 0.05) is 11.6 Å². The molecule has 1 aromatic carbocycles. The lowest BCUT2D eigenvalue weighted by molar-refractivity contribution is -0.389. The summed E-state index contributed by atoms with van der Waals surface area (Å²) in [4.78, 5) is 40.5. The van der Waals surface area contributed by atoms with Crippen molar-refractivity contribution in [2.45, 2.75) is 19.4 Å². The van der Waals surface area contributed by atoms with Crippen LogP contribution in [0.2, 0.25) is 0 Å². The molecule has 2 heterocycles. The van der Waals surface area contributed by atoms with E-state index in [1.165, 1.54) is 12.1 Å². The van der Waals surface area contributed by atoms with Crippen LogP contribution in [0, 0.1) is 10.1 Å². The van der Waals surface area contributed by atoms with Crippen molar-refractivity contribution >= 4 is 23.3 Å². The maximum absolute atomic E-state index is 12.6. The van der Waals surface area contributed by atoms with E-state index in [1.807, 2.05) is 0 Å². The molecule has 1 atom stereocenters. The maximum atomic E-state index is 12.6. The highest BCUT2D eigenvalue weighted by Gasteiger charge is 2.39. The first kappa shape index (κ1) is 16.6. The summed E-state index contributed by atoms with van der Waals surface area (Å²) >= 11 is 0. The van der Waals surface area contributed by atoms with Crippen molar-refractivity contribution in [1.82, 2.24) is 4.98 Å². The smallest absolute Gasteiger partial charge is 0.366 e. The van der Waals surface area contributed by atoms with Crippen LogP contribution in [0.3, 0.4) is 0 Å². The number of carbonyl (C=O) groups excluding carboxylic acids is 2. The number of fused-ring (bicyclic) bond motifs is 1. The van der Waals surface area contributed by atoms with Crippen LogP contribution in [0.5, 0.6) is 5.75 Å². The highest BCUT2D eigenvalue weighted by Crippen LogP contribution is 2.34. The van der Waals surface area contributed by atoms with Crippen LogP contribution in [0.1, 0.15) is 23.7 Å². The molecule has 0 fully saturated rings. The van der Waals surface area contributed by atoms with Crippen molar-refractivity contribution in [2.75, 3.05) is 11.4 Å². The van der Waals surface area contributed by atoms with E-state index in [0.29, 0.717) is 12.0 Å². The number of Topliss-reactive ketones (excluding diaryl/α,β-unsaturated/α-hetero) is 1. The zero-order chi connectivity index (χ0) is 18.0. The fourth-order valence-corrected chi connectivity index (χ4v) is 2.56. The van der Waals surface area contributed by atoms with E-state index in [9.17, 15) is 19.7 Å². The van der Waals surface area contributed by atoms with Gasteiger partial charge in [-0.1, -0.05) is 37.3 Å². The van der Waals surface area contributed by atoms with Gasteiger partial charge in [0.15, 0.2) is 17.6 Å². The zero-order valence-corrected chi connectivity index (χ0v) is 13.4.